The van der Waals surface area contributed by atoms with E-state index in [9.17, 15) is 14.0 Å². The summed E-state index contributed by atoms with van der Waals surface area (Å²) in [5.41, 5.74) is 5.81. The Balaban J connectivity index is 1.70. The first-order chi connectivity index (χ1) is 12.0. The fourth-order valence-corrected chi connectivity index (χ4v) is 2.75. The quantitative estimate of drug-likeness (QED) is 0.702. The molecular formula is C17H25FN4O3. The zero-order valence-electron chi connectivity index (χ0n) is 14.4. The van der Waals surface area contributed by atoms with Gasteiger partial charge in [-0.05, 0) is 12.1 Å². The Morgan fingerprint density at radius 1 is 1.28 bits per heavy atom. The van der Waals surface area contributed by atoms with Gasteiger partial charge in [0.2, 0.25) is 5.91 Å². The second kappa shape index (κ2) is 9.45. The number of nitrogens with one attached hydrogen (secondary N) is 1. The molecule has 1 aromatic rings. The Hall–Kier alpha value is -2.03. The van der Waals surface area contributed by atoms with Gasteiger partial charge in [-0.25, -0.2) is 4.39 Å². The molecule has 1 aliphatic rings. The molecule has 7 nitrogen and oxygen atoms in total. The first-order valence-electron chi connectivity index (χ1n) is 8.31. The molecule has 1 aromatic carbocycles. The smallest absolute Gasteiger partial charge is 0.254 e. The number of piperazine rings is 1. The molecule has 1 unspecified atom stereocenters. The number of carbonyl (C=O) groups is 2. The third-order valence-electron chi connectivity index (χ3n) is 4.18. The number of nitrogens with zero attached hydrogens (tertiary/aromatic N) is 2. The molecule has 3 N–H and O–H groups in total. The second-order valence-electron chi connectivity index (χ2n) is 5.96. The molecule has 138 valence electrons. The molecule has 0 saturated carbocycles. The maximum Gasteiger partial charge on any atom is 0.254 e. The van der Waals surface area contributed by atoms with Crippen molar-refractivity contribution in [3.63, 3.8) is 0 Å². The highest BCUT2D eigenvalue weighted by molar-refractivity contribution is 5.94. The van der Waals surface area contributed by atoms with Crippen LogP contribution < -0.4 is 11.1 Å². The van der Waals surface area contributed by atoms with E-state index in [-0.39, 0.29) is 18.1 Å². The number of carbonyl (C=O) groups excluding carboxylic acids is 2. The molecule has 1 fully saturated rings. The van der Waals surface area contributed by atoms with Gasteiger partial charge in [0.25, 0.3) is 5.91 Å². The Bertz CT molecular complexity index is 591. The fourth-order valence-electron chi connectivity index (χ4n) is 2.75. The topological polar surface area (TPSA) is 87.9 Å². The van der Waals surface area contributed by atoms with Gasteiger partial charge < -0.3 is 20.7 Å². The van der Waals surface area contributed by atoms with E-state index in [0.29, 0.717) is 39.3 Å². The summed E-state index contributed by atoms with van der Waals surface area (Å²) in [4.78, 5) is 27.9. The van der Waals surface area contributed by atoms with E-state index >= 15 is 0 Å². The van der Waals surface area contributed by atoms with Gasteiger partial charge in [0, 0.05) is 46.4 Å². The van der Waals surface area contributed by atoms with Gasteiger partial charge >= 0.3 is 0 Å². The number of hydrogen-bond acceptors (Lipinski definition) is 5. The van der Waals surface area contributed by atoms with Crippen molar-refractivity contribution >= 4 is 11.8 Å². The van der Waals surface area contributed by atoms with Gasteiger partial charge in [-0.15, -0.1) is 0 Å². The molecule has 1 atom stereocenters. The highest BCUT2D eigenvalue weighted by Crippen LogP contribution is 2.06. The predicted molar refractivity (Wildman–Crippen MR) is 91.6 cm³/mol. The van der Waals surface area contributed by atoms with Crippen LogP contribution in [-0.2, 0) is 9.53 Å². The monoisotopic (exact) mass is 352 g/mol. The third-order valence-corrected chi connectivity index (χ3v) is 4.18. The van der Waals surface area contributed by atoms with E-state index < -0.39 is 17.8 Å². The molecular weight excluding hydrogens is 327 g/mol. The van der Waals surface area contributed by atoms with Crippen LogP contribution in [0.5, 0.6) is 0 Å². The standard InChI is InChI=1S/C17H25FN4O3/c1-25-12-15(19)17(24)22-10-8-21(9-11-22)7-6-20-16(23)13-4-2-3-5-14(13)18/h2-5,15H,6-12,19H2,1H3,(H,20,23). The summed E-state index contributed by atoms with van der Waals surface area (Å²) >= 11 is 0. The fraction of sp³-hybridized carbons (Fsp3) is 0.529. The molecule has 2 rings (SSSR count). The molecule has 0 spiro atoms. The van der Waals surface area contributed by atoms with Crippen LogP contribution in [0.2, 0.25) is 0 Å². The summed E-state index contributed by atoms with van der Waals surface area (Å²) in [7, 11) is 1.51. The van der Waals surface area contributed by atoms with Crippen molar-refractivity contribution in [3.05, 3.63) is 35.6 Å². The zero-order valence-corrected chi connectivity index (χ0v) is 14.4. The summed E-state index contributed by atoms with van der Waals surface area (Å²) in [6.07, 6.45) is 0. The molecule has 0 aromatic heterocycles. The first kappa shape index (κ1) is 19.3. The number of benzene rings is 1. The van der Waals surface area contributed by atoms with Crippen LogP contribution in [0.4, 0.5) is 4.39 Å². The molecule has 0 radical (unpaired) electrons. The summed E-state index contributed by atoms with van der Waals surface area (Å²) in [6, 6.07) is 5.27. The minimum absolute atomic E-state index is 0.0463. The lowest BCUT2D eigenvalue weighted by molar-refractivity contribution is -0.135. The van der Waals surface area contributed by atoms with E-state index in [1.165, 1.54) is 19.2 Å². The number of nitrogens with two attached hydrogens (primary N) is 1. The van der Waals surface area contributed by atoms with Crippen molar-refractivity contribution in [3.8, 4) is 0 Å². The van der Waals surface area contributed by atoms with Crippen LogP contribution in [0.25, 0.3) is 0 Å². The molecule has 1 aliphatic heterocycles. The third kappa shape index (κ3) is 5.48. The van der Waals surface area contributed by atoms with E-state index in [1.807, 2.05) is 0 Å². The molecule has 2 amide bonds. The molecule has 8 heteroatoms. The van der Waals surface area contributed by atoms with Gasteiger partial charge in [0.1, 0.15) is 11.9 Å². The number of hydrogen-bond donors (Lipinski definition) is 2. The minimum atomic E-state index is -0.628. The van der Waals surface area contributed by atoms with Crippen LogP contribution in [-0.4, -0.2) is 80.6 Å². The van der Waals surface area contributed by atoms with Crippen molar-refractivity contribution in [2.75, 3.05) is 53.0 Å². The van der Waals surface area contributed by atoms with Crippen LogP contribution in [0.1, 0.15) is 10.4 Å². The lowest BCUT2D eigenvalue weighted by Crippen LogP contribution is -2.54. The highest BCUT2D eigenvalue weighted by Gasteiger charge is 2.25. The Morgan fingerprint density at radius 2 is 1.96 bits per heavy atom. The Morgan fingerprint density at radius 3 is 2.60 bits per heavy atom. The van der Waals surface area contributed by atoms with Gasteiger partial charge in [0.05, 0.1) is 12.2 Å². The number of ether oxygens (including phenoxy) is 1. The molecule has 25 heavy (non-hydrogen) atoms. The van der Waals surface area contributed by atoms with E-state index in [1.54, 1.807) is 17.0 Å². The van der Waals surface area contributed by atoms with Crippen molar-refractivity contribution in [2.45, 2.75) is 6.04 Å². The maximum atomic E-state index is 13.5. The minimum Gasteiger partial charge on any atom is -0.383 e. The van der Waals surface area contributed by atoms with E-state index in [4.69, 9.17) is 10.5 Å². The van der Waals surface area contributed by atoms with Crippen molar-refractivity contribution in [1.82, 2.24) is 15.1 Å². The van der Waals surface area contributed by atoms with Crippen LogP contribution in [0.15, 0.2) is 24.3 Å². The van der Waals surface area contributed by atoms with Gasteiger partial charge in [-0.2, -0.15) is 0 Å². The average molecular weight is 352 g/mol. The van der Waals surface area contributed by atoms with Crippen LogP contribution >= 0.6 is 0 Å². The molecule has 0 aliphatic carbocycles. The summed E-state index contributed by atoms with van der Waals surface area (Å²) in [6.45, 7) is 3.88. The lowest BCUT2D eigenvalue weighted by atomic mass is 10.2. The second-order valence-corrected chi connectivity index (χ2v) is 5.96. The Kier molecular flexibility index (Phi) is 7.30. The van der Waals surface area contributed by atoms with Crippen molar-refractivity contribution in [1.29, 1.82) is 0 Å². The maximum absolute atomic E-state index is 13.5. The van der Waals surface area contributed by atoms with Gasteiger partial charge in [-0.1, -0.05) is 12.1 Å². The van der Waals surface area contributed by atoms with E-state index in [2.05, 4.69) is 10.2 Å². The predicted octanol–water partition coefficient (Wildman–Crippen LogP) is -0.327. The SMILES string of the molecule is COCC(N)C(=O)N1CCN(CCNC(=O)c2ccccc2F)CC1. The van der Waals surface area contributed by atoms with Crippen molar-refractivity contribution < 1.29 is 18.7 Å². The summed E-state index contributed by atoms with van der Waals surface area (Å²) in [5.74, 6) is -1.05. The lowest BCUT2D eigenvalue weighted by Gasteiger charge is -2.35. The largest absolute Gasteiger partial charge is 0.383 e. The van der Waals surface area contributed by atoms with Gasteiger partial charge in [-0.3, -0.25) is 14.5 Å². The Labute approximate surface area is 146 Å². The van der Waals surface area contributed by atoms with E-state index in [0.717, 1.165) is 0 Å². The zero-order chi connectivity index (χ0) is 18.2. The normalized spacial score (nSPS) is 16.5. The average Bonchev–Trinajstić information content (AvgIpc) is 2.62. The highest BCUT2D eigenvalue weighted by atomic mass is 19.1. The van der Waals surface area contributed by atoms with Crippen LogP contribution in [0.3, 0.4) is 0 Å². The number of amides is 2. The molecule has 0 bridgehead atoms. The molecule has 1 saturated heterocycles. The summed E-state index contributed by atoms with van der Waals surface area (Å²) in [5, 5.41) is 2.72. The van der Waals surface area contributed by atoms with Gasteiger partial charge in [0.15, 0.2) is 0 Å². The van der Waals surface area contributed by atoms with Crippen LogP contribution in [0, 0.1) is 5.82 Å². The number of halogens is 1. The summed E-state index contributed by atoms with van der Waals surface area (Å²) < 4.78 is 18.4. The number of rotatable bonds is 7. The first-order valence-corrected chi connectivity index (χ1v) is 8.31. The number of methoxy groups -OCH3 is 1. The van der Waals surface area contributed by atoms with Crippen molar-refractivity contribution in [2.24, 2.45) is 5.73 Å². The molecule has 1 heterocycles.